The molecule has 0 radical (unpaired) electrons. The van der Waals surface area contributed by atoms with Crippen LogP contribution in [-0.2, 0) is 24.8 Å². The van der Waals surface area contributed by atoms with E-state index in [0.717, 1.165) is 31.6 Å². The zero-order chi connectivity index (χ0) is 13.1. The first-order chi connectivity index (χ1) is 8.60. The molecule has 1 atom stereocenters. The Hall–Kier alpha value is -1.36. The van der Waals surface area contributed by atoms with Gasteiger partial charge in [0.15, 0.2) is 0 Å². The molecular formula is C13H22N4O. The van der Waals surface area contributed by atoms with E-state index in [4.69, 9.17) is 0 Å². The number of piperidine rings is 1. The maximum absolute atomic E-state index is 11.4. The van der Waals surface area contributed by atoms with Crippen molar-refractivity contribution >= 4 is 5.91 Å². The number of rotatable bonds is 4. The Kier molecular flexibility index (Phi) is 4.01. The number of carbonyl (C=O) groups excluding carboxylic acids is 1. The summed E-state index contributed by atoms with van der Waals surface area (Å²) in [6.07, 6.45) is 4.62. The molecule has 1 N–H and O–H groups in total. The molecular weight excluding hydrogens is 228 g/mol. The summed E-state index contributed by atoms with van der Waals surface area (Å²) in [5, 5.41) is 7.96. The van der Waals surface area contributed by atoms with Crippen molar-refractivity contribution in [3.8, 4) is 0 Å². The van der Waals surface area contributed by atoms with E-state index in [1.54, 1.807) is 0 Å². The van der Waals surface area contributed by atoms with Gasteiger partial charge in [0.1, 0.15) is 0 Å². The van der Waals surface area contributed by atoms with Crippen LogP contribution >= 0.6 is 0 Å². The third-order valence-corrected chi connectivity index (χ3v) is 3.53. The van der Waals surface area contributed by atoms with Crippen LogP contribution in [0.1, 0.15) is 31.0 Å². The summed E-state index contributed by atoms with van der Waals surface area (Å²) in [6.45, 7) is 3.77. The second kappa shape index (κ2) is 5.52. The van der Waals surface area contributed by atoms with Crippen LogP contribution in [-0.4, -0.2) is 40.2 Å². The highest BCUT2D eigenvalue weighted by molar-refractivity contribution is 5.76. The van der Waals surface area contributed by atoms with Gasteiger partial charge < -0.3 is 10.2 Å². The highest BCUT2D eigenvalue weighted by Crippen LogP contribution is 2.12. The van der Waals surface area contributed by atoms with Crippen molar-refractivity contribution in [3.05, 3.63) is 17.5 Å². The molecule has 0 aromatic carbocycles. The molecule has 1 saturated heterocycles. The molecule has 0 spiro atoms. The first kappa shape index (κ1) is 13.1. The molecule has 5 heteroatoms. The van der Waals surface area contributed by atoms with E-state index in [1.165, 1.54) is 5.56 Å². The number of hydrogen-bond acceptors (Lipinski definition) is 3. The molecule has 1 aliphatic heterocycles. The lowest BCUT2D eigenvalue weighted by Gasteiger charge is -2.30. The topological polar surface area (TPSA) is 50.2 Å². The quantitative estimate of drug-likeness (QED) is 0.855. The van der Waals surface area contributed by atoms with Gasteiger partial charge in [0, 0.05) is 51.4 Å². The summed E-state index contributed by atoms with van der Waals surface area (Å²) in [6, 6.07) is 0.401. The highest BCUT2D eigenvalue weighted by atomic mass is 16.2. The fourth-order valence-corrected chi connectivity index (χ4v) is 2.46. The van der Waals surface area contributed by atoms with Gasteiger partial charge in [-0.1, -0.05) is 6.92 Å². The van der Waals surface area contributed by atoms with E-state index in [-0.39, 0.29) is 5.91 Å². The van der Waals surface area contributed by atoms with Gasteiger partial charge in [-0.2, -0.15) is 5.10 Å². The van der Waals surface area contributed by atoms with Crippen LogP contribution in [0.2, 0.25) is 0 Å². The van der Waals surface area contributed by atoms with E-state index < -0.39 is 0 Å². The minimum atomic E-state index is 0.253. The summed E-state index contributed by atoms with van der Waals surface area (Å²) in [5.74, 6) is 0.253. The standard InChI is InChI=1S/C13H22N4O/c1-4-12-10(8-17(3)15-12)7-14-11-5-6-13(18)16(2)9-11/h8,11,14H,4-7,9H2,1-3H3. The summed E-state index contributed by atoms with van der Waals surface area (Å²) in [7, 11) is 3.83. The SMILES string of the molecule is CCc1nn(C)cc1CNC1CCC(=O)N(C)C1. The van der Waals surface area contributed by atoms with Crippen LogP contribution in [0.5, 0.6) is 0 Å². The zero-order valence-corrected chi connectivity index (χ0v) is 11.4. The van der Waals surface area contributed by atoms with Crippen molar-refractivity contribution in [1.82, 2.24) is 20.0 Å². The smallest absolute Gasteiger partial charge is 0.222 e. The van der Waals surface area contributed by atoms with Crippen molar-refractivity contribution in [2.75, 3.05) is 13.6 Å². The van der Waals surface area contributed by atoms with Crippen LogP contribution in [0, 0.1) is 0 Å². The first-order valence-corrected chi connectivity index (χ1v) is 6.59. The molecule has 2 heterocycles. The van der Waals surface area contributed by atoms with Crippen molar-refractivity contribution in [3.63, 3.8) is 0 Å². The number of likely N-dealkylation sites (tertiary alicyclic amines) is 1. The average Bonchev–Trinajstić information content (AvgIpc) is 2.71. The predicted octanol–water partition coefficient (Wildman–Crippen LogP) is 0.693. The second-order valence-corrected chi connectivity index (χ2v) is 5.02. The van der Waals surface area contributed by atoms with Gasteiger partial charge in [0.2, 0.25) is 5.91 Å². The van der Waals surface area contributed by atoms with E-state index in [9.17, 15) is 4.79 Å². The maximum Gasteiger partial charge on any atom is 0.222 e. The van der Waals surface area contributed by atoms with E-state index in [0.29, 0.717) is 12.5 Å². The van der Waals surface area contributed by atoms with Gasteiger partial charge in [-0.25, -0.2) is 0 Å². The van der Waals surface area contributed by atoms with Crippen molar-refractivity contribution in [2.45, 2.75) is 38.8 Å². The largest absolute Gasteiger partial charge is 0.344 e. The number of likely N-dealkylation sites (N-methyl/N-ethyl adjacent to an activating group) is 1. The molecule has 1 aromatic heterocycles. The lowest BCUT2D eigenvalue weighted by Crippen LogP contribution is -2.46. The van der Waals surface area contributed by atoms with Crippen LogP contribution < -0.4 is 5.32 Å². The van der Waals surface area contributed by atoms with Crippen LogP contribution in [0.25, 0.3) is 0 Å². The number of aromatic nitrogens is 2. The lowest BCUT2D eigenvalue weighted by molar-refractivity contribution is -0.132. The average molecular weight is 250 g/mol. The van der Waals surface area contributed by atoms with Gasteiger partial charge >= 0.3 is 0 Å². The van der Waals surface area contributed by atoms with Gasteiger partial charge in [0.05, 0.1) is 5.69 Å². The molecule has 1 fully saturated rings. The third kappa shape index (κ3) is 2.90. The Morgan fingerprint density at radius 3 is 2.94 bits per heavy atom. The minimum Gasteiger partial charge on any atom is -0.344 e. The number of aryl methyl sites for hydroxylation is 2. The van der Waals surface area contributed by atoms with E-state index >= 15 is 0 Å². The molecule has 0 saturated carbocycles. The summed E-state index contributed by atoms with van der Waals surface area (Å²) in [4.78, 5) is 13.2. The van der Waals surface area contributed by atoms with Crippen LogP contribution in [0.4, 0.5) is 0 Å². The molecule has 1 aliphatic rings. The number of nitrogens with one attached hydrogen (secondary N) is 1. The Morgan fingerprint density at radius 1 is 1.50 bits per heavy atom. The molecule has 1 amide bonds. The molecule has 1 aromatic rings. The Bertz CT molecular complexity index is 427. The summed E-state index contributed by atoms with van der Waals surface area (Å²) < 4.78 is 1.87. The van der Waals surface area contributed by atoms with Gasteiger partial charge in [-0.15, -0.1) is 0 Å². The van der Waals surface area contributed by atoms with Gasteiger partial charge in [-0.3, -0.25) is 9.48 Å². The van der Waals surface area contributed by atoms with Crippen molar-refractivity contribution in [1.29, 1.82) is 0 Å². The second-order valence-electron chi connectivity index (χ2n) is 5.02. The summed E-state index contributed by atoms with van der Waals surface area (Å²) in [5.41, 5.74) is 2.42. The Balaban J connectivity index is 1.89. The molecule has 5 nitrogen and oxygen atoms in total. The number of amides is 1. The van der Waals surface area contributed by atoms with E-state index in [1.807, 2.05) is 23.7 Å². The third-order valence-electron chi connectivity index (χ3n) is 3.53. The first-order valence-electron chi connectivity index (χ1n) is 6.59. The maximum atomic E-state index is 11.4. The van der Waals surface area contributed by atoms with Crippen molar-refractivity contribution in [2.24, 2.45) is 7.05 Å². The van der Waals surface area contributed by atoms with E-state index in [2.05, 4.69) is 23.5 Å². The monoisotopic (exact) mass is 250 g/mol. The normalized spacial score (nSPS) is 20.5. The molecule has 18 heavy (non-hydrogen) atoms. The minimum absolute atomic E-state index is 0.253. The predicted molar refractivity (Wildman–Crippen MR) is 70.1 cm³/mol. The van der Waals surface area contributed by atoms with Crippen LogP contribution in [0.3, 0.4) is 0 Å². The molecule has 100 valence electrons. The van der Waals surface area contributed by atoms with Gasteiger partial charge in [-0.05, 0) is 12.8 Å². The zero-order valence-electron chi connectivity index (χ0n) is 11.4. The molecule has 1 unspecified atom stereocenters. The fourth-order valence-electron chi connectivity index (χ4n) is 2.46. The molecule has 2 rings (SSSR count). The number of carbonyl (C=O) groups is 1. The van der Waals surface area contributed by atoms with Gasteiger partial charge in [0.25, 0.3) is 0 Å². The Labute approximate surface area is 108 Å². The highest BCUT2D eigenvalue weighted by Gasteiger charge is 2.22. The number of nitrogens with zero attached hydrogens (tertiary/aromatic N) is 3. The molecule has 0 bridgehead atoms. The Morgan fingerprint density at radius 2 is 2.28 bits per heavy atom. The van der Waals surface area contributed by atoms with Crippen LogP contribution in [0.15, 0.2) is 6.20 Å². The molecule has 0 aliphatic carbocycles. The lowest BCUT2D eigenvalue weighted by atomic mass is 10.1. The fraction of sp³-hybridized carbons (Fsp3) is 0.692. The number of hydrogen-bond donors (Lipinski definition) is 1. The summed E-state index contributed by atoms with van der Waals surface area (Å²) >= 11 is 0. The van der Waals surface area contributed by atoms with Crippen molar-refractivity contribution < 1.29 is 4.79 Å².